The molecule has 174 valence electrons. The summed E-state index contributed by atoms with van der Waals surface area (Å²) in [4.78, 5) is 12.3. The molecule has 3 heterocycles. The number of nitrogens with zero attached hydrogens (tertiary/aromatic N) is 4. The number of amidine groups is 1. The summed E-state index contributed by atoms with van der Waals surface area (Å²) >= 11 is 1.78. The molecule has 0 radical (unpaired) electrons. The Morgan fingerprint density at radius 1 is 0.765 bits per heavy atom. The highest BCUT2D eigenvalue weighted by atomic mass is 32.2. The number of rotatable bonds is 3. The molecule has 7 heteroatoms. The summed E-state index contributed by atoms with van der Waals surface area (Å²) in [5.41, 5.74) is 3.96. The Kier molecular flexibility index (Phi) is 5.59. The van der Waals surface area contributed by atoms with Crippen LogP contribution in [0.4, 0.5) is 5.69 Å². The lowest BCUT2D eigenvalue weighted by molar-refractivity contribution is 0.173. The summed E-state index contributed by atoms with van der Waals surface area (Å²) in [6.45, 7) is 4.99. The van der Waals surface area contributed by atoms with Crippen LogP contribution in [0.5, 0.6) is 11.8 Å². The van der Waals surface area contributed by atoms with Gasteiger partial charge >= 0.3 is 0 Å². The lowest BCUT2D eigenvalue weighted by atomic mass is 10.0. The normalized spacial score (nSPS) is 17.5. The van der Waals surface area contributed by atoms with Crippen molar-refractivity contribution in [2.24, 2.45) is 4.99 Å². The molecule has 1 fully saturated rings. The molecule has 2 aliphatic heterocycles. The fourth-order valence-electron chi connectivity index (χ4n) is 5.07. The average Bonchev–Trinajstić information content (AvgIpc) is 3.02. The molecule has 1 saturated heterocycles. The van der Waals surface area contributed by atoms with E-state index >= 15 is 0 Å². The Balaban J connectivity index is 1.16. The number of benzene rings is 2. The van der Waals surface area contributed by atoms with Crippen LogP contribution < -0.4 is 0 Å². The molecule has 0 amide bonds. The Bertz CT molecular complexity index is 1260. The Labute approximate surface area is 203 Å². The second kappa shape index (κ2) is 8.89. The van der Waals surface area contributed by atoms with Crippen molar-refractivity contribution in [1.82, 2.24) is 14.4 Å². The number of hydrogen-bond donors (Lipinski definition) is 2. The van der Waals surface area contributed by atoms with Gasteiger partial charge in [-0.3, -0.25) is 9.47 Å². The molecule has 3 aliphatic rings. The number of aliphatic imine (C=N–C) groups is 1. The standard InChI is InChI=1S/C27H28N4O2S/c32-26-19-7-1-2-8-20(19)27(33)31(26)18-15-29-13-16-30(17-14-29)25-21-9-3-5-11-23(21)34-24-12-6-4-10-22(24)28-25/h1-6,9-12,32-33H,7-8,13-18H2. The van der Waals surface area contributed by atoms with E-state index in [0.29, 0.717) is 19.4 Å². The minimum atomic E-state index is 0.219. The van der Waals surface area contributed by atoms with Crippen LogP contribution in [0.1, 0.15) is 16.7 Å². The first kappa shape index (κ1) is 21.4. The van der Waals surface area contributed by atoms with Crippen LogP contribution in [-0.2, 0) is 19.4 Å². The van der Waals surface area contributed by atoms with E-state index in [-0.39, 0.29) is 11.8 Å². The molecular weight excluding hydrogens is 444 g/mol. The SMILES string of the molecule is Oc1c2c(c(O)n1CCN1CCN(C3=Nc4ccccc4Sc4ccccc43)CC1)CC=CC2. The fourth-order valence-corrected chi connectivity index (χ4v) is 6.09. The van der Waals surface area contributed by atoms with Gasteiger partial charge in [-0.1, -0.05) is 54.2 Å². The van der Waals surface area contributed by atoms with E-state index < -0.39 is 0 Å². The lowest BCUT2D eigenvalue weighted by Crippen LogP contribution is -2.49. The minimum Gasteiger partial charge on any atom is -0.494 e. The highest BCUT2D eigenvalue weighted by Crippen LogP contribution is 2.40. The zero-order valence-corrected chi connectivity index (χ0v) is 19.8. The van der Waals surface area contributed by atoms with Crippen molar-refractivity contribution < 1.29 is 10.2 Å². The summed E-state index contributed by atoms with van der Waals surface area (Å²) in [6, 6.07) is 16.9. The topological polar surface area (TPSA) is 64.2 Å². The van der Waals surface area contributed by atoms with Crippen LogP contribution in [0.3, 0.4) is 0 Å². The zero-order chi connectivity index (χ0) is 23.1. The van der Waals surface area contributed by atoms with Crippen LogP contribution in [0.2, 0.25) is 0 Å². The number of aromatic hydroxyl groups is 2. The number of hydrogen-bond acceptors (Lipinski definition) is 6. The van der Waals surface area contributed by atoms with Gasteiger partial charge < -0.3 is 15.1 Å². The third-order valence-corrected chi connectivity index (χ3v) is 8.12. The predicted octanol–water partition coefficient (Wildman–Crippen LogP) is 4.41. The van der Waals surface area contributed by atoms with Crippen molar-refractivity contribution in [3.05, 3.63) is 77.4 Å². The first-order valence-corrected chi connectivity index (χ1v) is 12.7. The molecule has 0 saturated carbocycles. The van der Waals surface area contributed by atoms with Crippen molar-refractivity contribution in [1.29, 1.82) is 0 Å². The molecule has 1 aromatic heterocycles. The average molecular weight is 473 g/mol. The Hall–Kier alpha value is -3.16. The summed E-state index contributed by atoms with van der Waals surface area (Å²) in [7, 11) is 0. The van der Waals surface area contributed by atoms with E-state index in [0.717, 1.165) is 55.4 Å². The smallest absolute Gasteiger partial charge is 0.197 e. The second-order valence-corrected chi connectivity index (χ2v) is 10.0. The van der Waals surface area contributed by atoms with Gasteiger partial charge in [-0.25, -0.2) is 4.99 Å². The Morgan fingerprint density at radius 3 is 2.15 bits per heavy atom. The highest BCUT2D eigenvalue weighted by molar-refractivity contribution is 7.99. The van der Waals surface area contributed by atoms with Gasteiger partial charge in [0.1, 0.15) is 5.84 Å². The van der Waals surface area contributed by atoms with Crippen molar-refractivity contribution >= 4 is 23.3 Å². The maximum Gasteiger partial charge on any atom is 0.197 e. The van der Waals surface area contributed by atoms with E-state index in [2.05, 4.69) is 70.5 Å². The van der Waals surface area contributed by atoms with Crippen molar-refractivity contribution in [2.75, 3.05) is 32.7 Å². The molecule has 0 spiro atoms. The van der Waals surface area contributed by atoms with Crippen molar-refractivity contribution in [3.8, 4) is 11.8 Å². The van der Waals surface area contributed by atoms with Gasteiger partial charge in [0.15, 0.2) is 11.8 Å². The molecule has 3 aromatic rings. The van der Waals surface area contributed by atoms with Crippen LogP contribution >= 0.6 is 11.8 Å². The van der Waals surface area contributed by atoms with Gasteiger partial charge in [-0.05, 0) is 31.0 Å². The van der Waals surface area contributed by atoms with E-state index in [1.54, 1.807) is 16.3 Å². The maximum atomic E-state index is 10.6. The first-order valence-electron chi connectivity index (χ1n) is 11.9. The van der Waals surface area contributed by atoms with Crippen molar-refractivity contribution in [2.45, 2.75) is 29.2 Å². The molecule has 6 nitrogen and oxygen atoms in total. The van der Waals surface area contributed by atoms with Gasteiger partial charge in [-0.15, -0.1) is 0 Å². The quantitative estimate of drug-likeness (QED) is 0.553. The van der Waals surface area contributed by atoms with Crippen LogP contribution in [0.25, 0.3) is 0 Å². The molecule has 34 heavy (non-hydrogen) atoms. The monoisotopic (exact) mass is 472 g/mol. The van der Waals surface area contributed by atoms with Gasteiger partial charge in [-0.2, -0.15) is 0 Å². The number of aromatic nitrogens is 1. The van der Waals surface area contributed by atoms with Crippen molar-refractivity contribution in [3.63, 3.8) is 0 Å². The predicted molar refractivity (Wildman–Crippen MR) is 136 cm³/mol. The molecule has 0 bridgehead atoms. The second-order valence-electron chi connectivity index (χ2n) is 8.97. The molecule has 1 aliphatic carbocycles. The minimum absolute atomic E-state index is 0.219. The lowest BCUT2D eigenvalue weighted by Gasteiger charge is -2.36. The van der Waals surface area contributed by atoms with Crippen LogP contribution in [-0.4, -0.2) is 63.1 Å². The molecule has 2 N–H and O–H groups in total. The molecule has 0 unspecified atom stereocenters. The summed E-state index contributed by atoms with van der Waals surface area (Å²) < 4.78 is 1.67. The summed E-state index contributed by atoms with van der Waals surface area (Å²) in [5.74, 6) is 1.49. The number of fused-ring (bicyclic) bond motifs is 3. The van der Waals surface area contributed by atoms with Crippen LogP contribution in [0, 0.1) is 0 Å². The molecule has 0 atom stereocenters. The zero-order valence-electron chi connectivity index (χ0n) is 19.0. The van der Waals surface area contributed by atoms with E-state index in [1.807, 2.05) is 0 Å². The third kappa shape index (κ3) is 3.79. The van der Waals surface area contributed by atoms with E-state index in [1.165, 1.54) is 15.4 Å². The first-order chi connectivity index (χ1) is 16.7. The number of piperazine rings is 1. The van der Waals surface area contributed by atoms with E-state index in [9.17, 15) is 10.2 Å². The van der Waals surface area contributed by atoms with Gasteiger partial charge in [0.2, 0.25) is 0 Å². The van der Waals surface area contributed by atoms with E-state index in [4.69, 9.17) is 4.99 Å². The largest absolute Gasteiger partial charge is 0.494 e. The Morgan fingerprint density at radius 2 is 1.41 bits per heavy atom. The molecule has 6 rings (SSSR count). The number of para-hydroxylation sites is 1. The third-order valence-electron chi connectivity index (χ3n) is 6.98. The van der Waals surface area contributed by atoms with Gasteiger partial charge in [0.25, 0.3) is 0 Å². The molecular formula is C27H28N4O2S. The summed E-state index contributed by atoms with van der Waals surface area (Å²) in [6.07, 6.45) is 5.48. The molecule has 2 aromatic carbocycles. The number of allylic oxidation sites excluding steroid dienone is 2. The van der Waals surface area contributed by atoms with Gasteiger partial charge in [0, 0.05) is 65.7 Å². The fraction of sp³-hybridized carbons (Fsp3) is 0.296. The summed E-state index contributed by atoms with van der Waals surface area (Å²) in [5, 5.41) is 21.2. The maximum absolute atomic E-state index is 10.6. The van der Waals surface area contributed by atoms with Gasteiger partial charge in [0.05, 0.1) is 5.69 Å². The van der Waals surface area contributed by atoms with Crippen LogP contribution in [0.15, 0.2) is 75.5 Å². The highest BCUT2D eigenvalue weighted by Gasteiger charge is 2.26.